The summed E-state index contributed by atoms with van der Waals surface area (Å²) in [5.74, 6) is 0. The van der Waals surface area contributed by atoms with Gasteiger partial charge in [0.1, 0.15) is 0 Å². The molecular weight excluding hydrogens is 390 g/mol. The number of nitrogens with one attached hydrogen (secondary N) is 1. The topological polar surface area (TPSA) is 22.3 Å². The minimum Gasteiger partial charge on any atom is -0.361 e. The van der Waals surface area contributed by atoms with Crippen molar-refractivity contribution in [2.45, 2.75) is 12.6 Å². The van der Waals surface area contributed by atoms with Gasteiger partial charge in [0.25, 0.3) is 0 Å². The van der Waals surface area contributed by atoms with E-state index in [1.807, 2.05) is 12.1 Å². The molecule has 0 aliphatic carbocycles. The summed E-state index contributed by atoms with van der Waals surface area (Å²) in [7, 11) is 0. The summed E-state index contributed by atoms with van der Waals surface area (Å²) < 4.78 is 0. The van der Waals surface area contributed by atoms with Gasteiger partial charge >= 0.3 is 0 Å². The number of para-hydroxylation sites is 1. The molecular formula is C26H26ClN3. The number of benzene rings is 3. The fourth-order valence-electron chi connectivity index (χ4n) is 4.58. The minimum atomic E-state index is 0.263. The fraction of sp³-hybridized carbons (Fsp3) is 0.231. The summed E-state index contributed by atoms with van der Waals surface area (Å²) in [5.41, 5.74) is 5.25. The smallest absolute Gasteiger partial charge is 0.0602 e. The number of H-pyrrole nitrogens is 1. The number of aromatic amines is 1. The van der Waals surface area contributed by atoms with E-state index in [1.165, 1.54) is 27.6 Å². The first-order chi connectivity index (χ1) is 14.8. The number of hydrogen-bond donors (Lipinski definition) is 1. The Morgan fingerprint density at radius 3 is 2.20 bits per heavy atom. The van der Waals surface area contributed by atoms with Crippen LogP contribution in [0.25, 0.3) is 10.9 Å². The van der Waals surface area contributed by atoms with Gasteiger partial charge in [-0.05, 0) is 34.9 Å². The van der Waals surface area contributed by atoms with E-state index in [9.17, 15) is 0 Å². The van der Waals surface area contributed by atoms with E-state index in [0.717, 1.165) is 37.7 Å². The van der Waals surface area contributed by atoms with E-state index in [0.29, 0.717) is 0 Å². The first-order valence-corrected chi connectivity index (χ1v) is 11.0. The van der Waals surface area contributed by atoms with Crippen LogP contribution in [0.15, 0.2) is 85.1 Å². The highest BCUT2D eigenvalue weighted by atomic mass is 35.5. The molecule has 1 N–H and O–H groups in total. The lowest BCUT2D eigenvalue weighted by Crippen LogP contribution is -2.47. The third-order valence-electron chi connectivity index (χ3n) is 6.14. The molecule has 1 saturated heterocycles. The second kappa shape index (κ2) is 8.65. The van der Waals surface area contributed by atoms with Gasteiger partial charge in [-0.25, -0.2) is 0 Å². The van der Waals surface area contributed by atoms with Gasteiger partial charge in [0.05, 0.1) is 6.04 Å². The third kappa shape index (κ3) is 4.01. The van der Waals surface area contributed by atoms with Crippen LogP contribution in [-0.4, -0.2) is 41.0 Å². The molecule has 3 nitrogen and oxygen atoms in total. The SMILES string of the molecule is Clc1ccc([C@H](c2ccccc2)N2CCN(Cc3c[nH]c4ccccc34)CC2)cc1. The van der Waals surface area contributed by atoms with Crippen LogP contribution in [0.3, 0.4) is 0 Å². The molecule has 4 aromatic rings. The number of nitrogens with zero attached hydrogens (tertiary/aromatic N) is 2. The number of piperazine rings is 1. The minimum absolute atomic E-state index is 0.263. The molecule has 152 valence electrons. The summed E-state index contributed by atoms with van der Waals surface area (Å²) in [6.07, 6.45) is 2.16. The van der Waals surface area contributed by atoms with E-state index in [1.54, 1.807) is 0 Å². The number of aromatic nitrogens is 1. The largest absolute Gasteiger partial charge is 0.361 e. The zero-order valence-corrected chi connectivity index (χ0v) is 17.7. The predicted octanol–water partition coefficient (Wildman–Crippen LogP) is 5.73. The van der Waals surface area contributed by atoms with Crippen molar-refractivity contribution in [3.05, 3.63) is 107 Å². The second-order valence-electron chi connectivity index (χ2n) is 8.04. The molecule has 0 bridgehead atoms. The van der Waals surface area contributed by atoms with E-state index >= 15 is 0 Å². The van der Waals surface area contributed by atoms with Gasteiger partial charge < -0.3 is 4.98 Å². The molecule has 4 heteroatoms. The van der Waals surface area contributed by atoms with E-state index in [2.05, 4.69) is 87.7 Å². The van der Waals surface area contributed by atoms with Gasteiger partial charge in [0.15, 0.2) is 0 Å². The average molecular weight is 416 g/mol. The van der Waals surface area contributed by atoms with Gasteiger partial charge in [-0.1, -0.05) is 72.3 Å². The monoisotopic (exact) mass is 415 g/mol. The maximum atomic E-state index is 6.15. The molecule has 0 amide bonds. The molecule has 3 aromatic carbocycles. The van der Waals surface area contributed by atoms with Crippen molar-refractivity contribution in [3.63, 3.8) is 0 Å². The highest BCUT2D eigenvalue weighted by Crippen LogP contribution is 2.31. The van der Waals surface area contributed by atoms with Crippen LogP contribution in [0.2, 0.25) is 5.02 Å². The van der Waals surface area contributed by atoms with Gasteiger partial charge in [-0.2, -0.15) is 0 Å². The summed E-state index contributed by atoms with van der Waals surface area (Å²) >= 11 is 6.15. The molecule has 0 spiro atoms. The van der Waals surface area contributed by atoms with Crippen LogP contribution in [0, 0.1) is 0 Å². The summed E-state index contributed by atoms with van der Waals surface area (Å²) in [5, 5.41) is 2.12. The van der Waals surface area contributed by atoms with Crippen molar-refractivity contribution in [3.8, 4) is 0 Å². The third-order valence-corrected chi connectivity index (χ3v) is 6.39. The van der Waals surface area contributed by atoms with Crippen molar-refractivity contribution in [2.75, 3.05) is 26.2 Å². The number of rotatable bonds is 5. The van der Waals surface area contributed by atoms with Crippen molar-refractivity contribution in [1.82, 2.24) is 14.8 Å². The standard InChI is InChI=1S/C26H26ClN3/c27-23-12-10-21(11-13-23)26(20-6-2-1-3-7-20)30-16-14-29(15-17-30)19-22-18-28-25-9-5-4-8-24(22)25/h1-13,18,26,28H,14-17,19H2/t26-/m0/s1. The maximum absolute atomic E-state index is 6.15. The Labute approximate surface area is 182 Å². The van der Waals surface area contributed by atoms with Gasteiger partial charge in [0, 0.05) is 54.8 Å². The maximum Gasteiger partial charge on any atom is 0.0602 e. The Kier molecular flexibility index (Phi) is 5.58. The lowest BCUT2D eigenvalue weighted by molar-refractivity contribution is 0.105. The first kappa shape index (κ1) is 19.4. The fourth-order valence-corrected chi connectivity index (χ4v) is 4.70. The lowest BCUT2D eigenvalue weighted by atomic mass is 9.96. The number of hydrogen-bond acceptors (Lipinski definition) is 2. The first-order valence-electron chi connectivity index (χ1n) is 10.6. The van der Waals surface area contributed by atoms with Crippen LogP contribution >= 0.6 is 11.6 Å². The Morgan fingerprint density at radius 1 is 0.767 bits per heavy atom. The second-order valence-corrected chi connectivity index (χ2v) is 8.47. The number of halogens is 1. The van der Waals surface area contributed by atoms with Crippen molar-refractivity contribution in [1.29, 1.82) is 0 Å². The Morgan fingerprint density at radius 2 is 1.43 bits per heavy atom. The Hall–Kier alpha value is -2.59. The Balaban J connectivity index is 1.32. The molecule has 1 aliphatic rings. The Bertz CT molecular complexity index is 1100. The molecule has 0 radical (unpaired) electrons. The molecule has 5 rings (SSSR count). The summed E-state index contributed by atoms with van der Waals surface area (Å²) in [6.45, 7) is 5.22. The normalized spacial score (nSPS) is 16.7. The van der Waals surface area contributed by atoms with E-state index < -0.39 is 0 Å². The molecule has 0 saturated carbocycles. The van der Waals surface area contributed by atoms with E-state index in [4.69, 9.17) is 11.6 Å². The van der Waals surface area contributed by atoms with Gasteiger partial charge in [-0.15, -0.1) is 0 Å². The molecule has 1 fully saturated rings. The van der Waals surface area contributed by atoms with Crippen molar-refractivity contribution in [2.24, 2.45) is 0 Å². The van der Waals surface area contributed by atoms with Crippen LogP contribution in [0.5, 0.6) is 0 Å². The highest BCUT2D eigenvalue weighted by molar-refractivity contribution is 6.30. The number of fused-ring (bicyclic) bond motifs is 1. The molecule has 1 aromatic heterocycles. The zero-order valence-electron chi connectivity index (χ0n) is 17.0. The average Bonchev–Trinajstić information content (AvgIpc) is 3.20. The van der Waals surface area contributed by atoms with Gasteiger partial charge in [0.2, 0.25) is 0 Å². The molecule has 2 heterocycles. The molecule has 1 aliphatic heterocycles. The van der Waals surface area contributed by atoms with Crippen LogP contribution in [-0.2, 0) is 6.54 Å². The zero-order chi connectivity index (χ0) is 20.3. The van der Waals surface area contributed by atoms with Crippen LogP contribution in [0.1, 0.15) is 22.7 Å². The van der Waals surface area contributed by atoms with Crippen molar-refractivity contribution >= 4 is 22.5 Å². The highest BCUT2D eigenvalue weighted by Gasteiger charge is 2.26. The van der Waals surface area contributed by atoms with Crippen LogP contribution < -0.4 is 0 Å². The van der Waals surface area contributed by atoms with Gasteiger partial charge in [-0.3, -0.25) is 9.80 Å². The predicted molar refractivity (Wildman–Crippen MR) is 125 cm³/mol. The van der Waals surface area contributed by atoms with Crippen LogP contribution in [0.4, 0.5) is 0 Å². The summed E-state index contributed by atoms with van der Waals surface area (Å²) in [4.78, 5) is 8.57. The van der Waals surface area contributed by atoms with E-state index in [-0.39, 0.29) is 6.04 Å². The molecule has 1 atom stereocenters. The molecule has 30 heavy (non-hydrogen) atoms. The van der Waals surface area contributed by atoms with Crippen molar-refractivity contribution < 1.29 is 0 Å². The quantitative estimate of drug-likeness (QED) is 0.449. The molecule has 0 unspecified atom stereocenters. The summed E-state index contributed by atoms with van der Waals surface area (Å²) in [6, 6.07) is 28.0. The lowest BCUT2D eigenvalue weighted by Gasteiger charge is -2.39.